The van der Waals surface area contributed by atoms with Gasteiger partial charge in [0.05, 0.1) is 12.1 Å². The summed E-state index contributed by atoms with van der Waals surface area (Å²) in [6.07, 6.45) is 10.4. The molecule has 2 aromatic carbocycles. The van der Waals surface area contributed by atoms with E-state index in [1.54, 1.807) is 0 Å². The molecule has 0 atom stereocenters. The largest absolute Gasteiger partial charge is 0.455 e. The van der Waals surface area contributed by atoms with Crippen LogP contribution < -0.4 is 9.47 Å². The standard InChI is InChI=1S/C27H34N2O2/c1-2-3-4-5-6-7-12-27(30-25-17-13-23(14-18-25)10-8-21-28)31-26-19-15-24(16-20-26)11-9-22-29/h13-20,27H,2-12H2,1H3. The maximum absolute atomic E-state index is 8.75. The molecular formula is C27H34N2O2. The van der Waals surface area contributed by atoms with Crippen LogP contribution in [0.15, 0.2) is 48.5 Å². The second-order valence-corrected chi connectivity index (χ2v) is 7.83. The van der Waals surface area contributed by atoms with Gasteiger partial charge in [0.15, 0.2) is 0 Å². The van der Waals surface area contributed by atoms with E-state index >= 15 is 0 Å². The van der Waals surface area contributed by atoms with Crippen molar-refractivity contribution in [2.45, 2.75) is 83.8 Å². The van der Waals surface area contributed by atoms with Crippen molar-refractivity contribution >= 4 is 0 Å². The lowest BCUT2D eigenvalue weighted by atomic mass is 10.1. The molecule has 0 saturated heterocycles. The average Bonchev–Trinajstić information content (AvgIpc) is 2.80. The van der Waals surface area contributed by atoms with Crippen molar-refractivity contribution in [2.75, 3.05) is 0 Å². The average molecular weight is 419 g/mol. The Kier molecular flexibility index (Phi) is 11.7. The molecule has 0 bridgehead atoms. The first-order chi connectivity index (χ1) is 15.2. The first-order valence-corrected chi connectivity index (χ1v) is 11.5. The van der Waals surface area contributed by atoms with Crippen LogP contribution in [0.3, 0.4) is 0 Å². The Bertz CT molecular complexity index is 753. The van der Waals surface area contributed by atoms with Crippen LogP contribution in [0.5, 0.6) is 11.5 Å². The minimum Gasteiger partial charge on any atom is -0.455 e. The topological polar surface area (TPSA) is 66.0 Å². The van der Waals surface area contributed by atoms with E-state index in [0.29, 0.717) is 12.8 Å². The normalized spacial score (nSPS) is 10.5. The van der Waals surface area contributed by atoms with Gasteiger partial charge in [-0.2, -0.15) is 10.5 Å². The second kappa shape index (κ2) is 14.9. The van der Waals surface area contributed by atoms with Crippen molar-refractivity contribution < 1.29 is 9.47 Å². The van der Waals surface area contributed by atoms with E-state index < -0.39 is 0 Å². The smallest absolute Gasteiger partial charge is 0.241 e. The Morgan fingerprint density at radius 3 is 1.58 bits per heavy atom. The summed E-state index contributed by atoms with van der Waals surface area (Å²) in [7, 11) is 0. The summed E-state index contributed by atoms with van der Waals surface area (Å²) in [4.78, 5) is 0. The lowest BCUT2D eigenvalue weighted by Crippen LogP contribution is -2.24. The summed E-state index contributed by atoms with van der Waals surface area (Å²) in [6.45, 7) is 2.23. The van der Waals surface area contributed by atoms with Gasteiger partial charge >= 0.3 is 0 Å². The quantitative estimate of drug-likeness (QED) is 0.228. The first kappa shape index (κ1) is 24.3. The number of nitrogens with zero attached hydrogens (tertiary/aromatic N) is 2. The van der Waals surface area contributed by atoms with Crippen molar-refractivity contribution in [3.05, 3.63) is 59.7 Å². The second-order valence-electron chi connectivity index (χ2n) is 7.83. The number of ether oxygens (including phenoxy) is 2. The molecular weight excluding hydrogens is 384 g/mol. The van der Waals surface area contributed by atoms with E-state index in [-0.39, 0.29) is 6.29 Å². The number of rotatable bonds is 15. The van der Waals surface area contributed by atoms with Crippen molar-refractivity contribution in [3.63, 3.8) is 0 Å². The third kappa shape index (κ3) is 10.1. The lowest BCUT2D eigenvalue weighted by Gasteiger charge is -2.21. The van der Waals surface area contributed by atoms with Crippen LogP contribution >= 0.6 is 0 Å². The van der Waals surface area contributed by atoms with Gasteiger partial charge in [0, 0.05) is 19.3 Å². The van der Waals surface area contributed by atoms with Gasteiger partial charge in [-0.15, -0.1) is 0 Å². The molecule has 0 N–H and O–H groups in total. The summed E-state index contributed by atoms with van der Waals surface area (Å²) in [5.41, 5.74) is 2.27. The molecule has 0 unspecified atom stereocenters. The summed E-state index contributed by atoms with van der Waals surface area (Å²) < 4.78 is 12.3. The number of hydrogen-bond donors (Lipinski definition) is 0. The molecule has 0 radical (unpaired) electrons. The summed E-state index contributed by atoms with van der Waals surface area (Å²) in [5, 5.41) is 17.5. The van der Waals surface area contributed by atoms with E-state index in [4.69, 9.17) is 20.0 Å². The Balaban J connectivity index is 1.95. The van der Waals surface area contributed by atoms with E-state index in [2.05, 4.69) is 19.1 Å². The third-order valence-corrected chi connectivity index (χ3v) is 5.23. The van der Waals surface area contributed by atoms with Crippen LogP contribution in [-0.2, 0) is 12.8 Å². The van der Waals surface area contributed by atoms with Gasteiger partial charge in [0.25, 0.3) is 0 Å². The fourth-order valence-corrected chi connectivity index (χ4v) is 3.41. The molecule has 0 aliphatic carbocycles. The highest BCUT2D eigenvalue weighted by Gasteiger charge is 2.13. The van der Waals surface area contributed by atoms with Gasteiger partial charge in [0.1, 0.15) is 11.5 Å². The van der Waals surface area contributed by atoms with Gasteiger partial charge in [-0.3, -0.25) is 0 Å². The molecule has 0 heterocycles. The molecule has 0 saturated carbocycles. The summed E-state index contributed by atoms with van der Waals surface area (Å²) in [6, 6.07) is 20.2. The highest BCUT2D eigenvalue weighted by molar-refractivity contribution is 5.29. The fourth-order valence-electron chi connectivity index (χ4n) is 3.41. The molecule has 31 heavy (non-hydrogen) atoms. The maximum Gasteiger partial charge on any atom is 0.241 e. The molecule has 2 aromatic rings. The number of nitriles is 2. The van der Waals surface area contributed by atoms with Gasteiger partial charge in [-0.05, 0) is 54.7 Å². The molecule has 2 rings (SSSR count). The molecule has 0 fully saturated rings. The zero-order valence-corrected chi connectivity index (χ0v) is 18.7. The Labute approximate surface area is 187 Å². The van der Waals surface area contributed by atoms with Crippen LogP contribution in [0, 0.1) is 22.7 Å². The lowest BCUT2D eigenvalue weighted by molar-refractivity contribution is -0.00248. The minimum atomic E-state index is -0.346. The third-order valence-electron chi connectivity index (χ3n) is 5.23. The van der Waals surface area contributed by atoms with Crippen LogP contribution in [0.1, 0.15) is 75.8 Å². The minimum absolute atomic E-state index is 0.346. The fraction of sp³-hybridized carbons (Fsp3) is 0.481. The van der Waals surface area contributed by atoms with Gasteiger partial charge in [-0.25, -0.2) is 0 Å². The Morgan fingerprint density at radius 2 is 1.13 bits per heavy atom. The number of unbranched alkanes of at least 4 members (excludes halogenated alkanes) is 5. The van der Waals surface area contributed by atoms with Crippen molar-refractivity contribution in [2.24, 2.45) is 0 Å². The van der Waals surface area contributed by atoms with E-state index in [1.807, 2.05) is 48.5 Å². The molecule has 4 heteroatoms. The van der Waals surface area contributed by atoms with Crippen molar-refractivity contribution in [3.8, 4) is 23.6 Å². The van der Waals surface area contributed by atoms with E-state index in [0.717, 1.165) is 48.3 Å². The Morgan fingerprint density at radius 1 is 0.677 bits per heavy atom. The maximum atomic E-state index is 8.75. The van der Waals surface area contributed by atoms with E-state index in [1.165, 1.54) is 32.1 Å². The highest BCUT2D eigenvalue weighted by atomic mass is 16.7. The van der Waals surface area contributed by atoms with Gasteiger partial charge in [-0.1, -0.05) is 63.3 Å². The monoisotopic (exact) mass is 418 g/mol. The van der Waals surface area contributed by atoms with Crippen LogP contribution in [0.2, 0.25) is 0 Å². The van der Waals surface area contributed by atoms with Gasteiger partial charge in [0.2, 0.25) is 6.29 Å². The SMILES string of the molecule is CCCCCCCCC(Oc1ccc(CCC#N)cc1)Oc1ccc(CCC#N)cc1. The highest BCUT2D eigenvalue weighted by Crippen LogP contribution is 2.22. The summed E-state index contributed by atoms with van der Waals surface area (Å²) >= 11 is 0. The molecule has 4 nitrogen and oxygen atoms in total. The van der Waals surface area contributed by atoms with Crippen LogP contribution in [0.4, 0.5) is 0 Å². The molecule has 164 valence electrons. The van der Waals surface area contributed by atoms with E-state index in [9.17, 15) is 0 Å². The summed E-state index contributed by atoms with van der Waals surface area (Å²) in [5.74, 6) is 1.56. The predicted octanol–water partition coefficient (Wildman–Crippen LogP) is 7.13. The molecule has 0 amide bonds. The number of aryl methyl sites for hydroxylation is 2. The van der Waals surface area contributed by atoms with Crippen LogP contribution in [0.25, 0.3) is 0 Å². The molecule has 0 spiro atoms. The predicted molar refractivity (Wildman–Crippen MR) is 124 cm³/mol. The number of benzene rings is 2. The van der Waals surface area contributed by atoms with Gasteiger partial charge < -0.3 is 9.47 Å². The Hall–Kier alpha value is -2.98. The van der Waals surface area contributed by atoms with Crippen molar-refractivity contribution in [1.82, 2.24) is 0 Å². The molecule has 0 aromatic heterocycles. The van der Waals surface area contributed by atoms with Crippen LogP contribution in [-0.4, -0.2) is 6.29 Å². The molecule has 0 aliphatic heterocycles. The zero-order chi connectivity index (χ0) is 22.2. The first-order valence-electron chi connectivity index (χ1n) is 11.5. The van der Waals surface area contributed by atoms with Crippen molar-refractivity contribution in [1.29, 1.82) is 10.5 Å². The zero-order valence-electron chi connectivity index (χ0n) is 18.7. The molecule has 0 aliphatic rings. The number of hydrogen-bond acceptors (Lipinski definition) is 4.